The van der Waals surface area contributed by atoms with E-state index in [4.69, 9.17) is 14.4 Å². The molecule has 8 heteroatoms. The molecule has 0 saturated carbocycles. The molecule has 4 heterocycles. The first-order valence-electron chi connectivity index (χ1n) is 19.1. The number of imidazole rings is 1. The Morgan fingerprint density at radius 2 is 1.54 bits per heavy atom. The van der Waals surface area contributed by atoms with E-state index in [2.05, 4.69) is 98.6 Å². The topological polar surface area (TPSA) is 56.7 Å². The van der Waals surface area contributed by atoms with Gasteiger partial charge in [0.2, 0.25) is 0 Å². The SMILES string of the molecule is CC(C)Cc1cc(-c2[c-]cc(F)c(-c3ccccc3)c2)ncc1[Si](C)(C)C.Cc1cccc2oc3n[c-]c(-c4nc5ccccc5n4-c4ccccc4)cc3c12.[Ir]. The number of para-hydroxylation sites is 3. The molecule has 0 spiro atoms. The van der Waals surface area contributed by atoms with Crippen molar-refractivity contribution in [2.24, 2.45) is 5.92 Å². The minimum Gasteiger partial charge on any atom is -0.483 e. The molecule has 5 aromatic carbocycles. The Bertz CT molecular complexity index is 2830. The molecule has 0 fully saturated rings. The van der Waals surface area contributed by atoms with Gasteiger partial charge in [0.1, 0.15) is 11.3 Å². The van der Waals surface area contributed by atoms with E-state index in [1.807, 2.05) is 91.1 Å². The van der Waals surface area contributed by atoms with Gasteiger partial charge in [-0.05, 0) is 83.2 Å². The molecule has 287 valence electrons. The Balaban J connectivity index is 0.000000172. The first-order chi connectivity index (χ1) is 27.0. The zero-order valence-electron chi connectivity index (χ0n) is 32.9. The van der Waals surface area contributed by atoms with Crippen LogP contribution in [0.1, 0.15) is 25.0 Å². The second-order valence-corrected chi connectivity index (χ2v) is 20.7. The van der Waals surface area contributed by atoms with E-state index >= 15 is 0 Å². The molecule has 0 aliphatic rings. The zero-order chi connectivity index (χ0) is 39.0. The Morgan fingerprint density at radius 1 is 0.825 bits per heavy atom. The molecule has 0 saturated heterocycles. The summed E-state index contributed by atoms with van der Waals surface area (Å²) in [5, 5.41) is 3.48. The molecular weight excluding hydrogens is 900 g/mol. The van der Waals surface area contributed by atoms with Crippen molar-refractivity contribution in [2.45, 2.75) is 46.8 Å². The smallest absolute Gasteiger partial charge is 0.141 e. The molecule has 0 aliphatic carbocycles. The summed E-state index contributed by atoms with van der Waals surface area (Å²) in [6, 6.07) is 44.7. The number of benzene rings is 5. The van der Waals surface area contributed by atoms with Crippen LogP contribution in [-0.2, 0) is 26.5 Å². The maximum atomic E-state index is 14.4. The minimum atomic E-state index is -1.47. The number of fused-ring (bicyclic) bond motifs is 4. The summed E-state index contributed by atoms with van der Waals surface area (Å²) < 4.78 is 22.5. The van der Waals surface area contributed by atoms with E-state index in [-0.39, 0.29) is 25.9 Å². The van der Waals surface area contributed by atoms with Gasteiger partial charge in [-0.1, -0.05) is 129 Å². The zero-order valence-corrected chi connectivity index (χ0v) is 36.3. The van der Waals surface area contributed by atoms with Crippen molar-refractivity contribution < 1.29 is 28.9 Å². The van der Waals surface area contributed by atoms with E-state index < -0.39 is 8.07 Å². The molecule has 5 nitrogen and oxygen atoms in total. The number of nitrogens with zero attached hydrogens (tertiary/aromatic N) is 4. The molecule has 0 amide bonds. The van der Waals surface area contributed by atoms with Gasteiger partial charge in [0.15, 0.2) is 0 Å². The number of pyridine rings is 2. The van der Waals surface area contributed by atoms with Crippen LogP contribution in [0.25, 0.3) is 72.6 Å². The molecule has 9 rings (SSSR count). The third kappa shape index (κ3) is 8.17. The van der Waals surface area contributed by atoms with Crippen LogP contribution in [0.2, 0.25) is 19.6 Å². The second kappa shape index (κ2) is 16.5. The van der Waals surface area contributed by atoms with Crippen LogP contribution >= 0.6 is 0 Å². The number of hydrogen-bond acceptors (Lipinski definition) is 4. The summed E-state index contributed by atoms with van der Waals surface area (Å²) in [4.78, 5) is 14.1. The van der Waals surface area contributed by atoms with Crippen LogP contribution < -0.4 is 5.19 Å². The van der Waals surface area contributed by atoms with Gasteiger partial charge in [0, 0.05) is 43.2 Å². The molecular formula is C49H43FIrN4OSi-2. The third-order valence-electron chi connectivity index (χ3n) is 10.0. The first kappa shape index (κ1) is 39.7. The first-order valence-corrected chi connectivity index (χ1v) is 22.6. The van der Waals surface area contributed by atoms with Crippen LogP contribution in [0.4, 0.5) is 4.39 Å². The summed E-state index contributed by atoms with van der Waals surface area (Å²) >= 11 is 0. The number of hydrogen-bond donors (Lipinski definition) is 0. The standard InChI is InChI=1S/C25H16N3O.C24H27FNSi.Ir/c1-16-8-7-13-22-23(16)19-14-17(15-26-25(19)29-22)24-27-20-11-5-6-12-21(20)28(24)18-9-3-2-4-10-18;1-17(2)13-20-15-23(26-16-24(20)27(3,4)5)19-11-12-22(25)21(14-19)18-9-7-6-8-10-18;/h2-14H,1H3;6-10,12,14-17H,13H2,1-5H3;/q2*-1;. The molecule has 0 bridgehead atoms. The van der Waals surface area contributed by atoms with Gasteiger partial charge in [0.25, 0.3) is 0 Å². The summed E-state index contributed by atoms with van der Waals surface area (Å²) in [6.07, 6.45) is 6.22. The van der Waals surface area contributed by atoms with Gasteiger partial charge in [-0.3, -0.25) is 9.37 Å². The molecule has 0 N–H and O–H groups in total. The average molecular weight is 943 g/mol. The summed E-state index contributed by atoms with van der Waals surface area (Å²) in [5.41, 5.74) is 11.0. The third-order valence-corrected chi connectivity index (χ3v) is 12.1. The number of aromatic nitrogens is 4. The Kier molecular flexibility index (Phi) is 11.5. The van der Waals surface area contributed by atoms with Gasteiger partial charge in [0.05, 0.1) is 24.9 Å². The predicted octanol–water partition coefficient (Wildman–Crippen LogP) is 12.2. The fraction of sp³-hybridized carbons (Fsp3) is 0.163. The molecule has 57 heavy (non-hydrogen) atoms. The predicted molar refractivity (Wildman–Crippen MR) is 231 cm³/mol. The summed E-state index contributed by atoms with van der Waals surface area (Å²) in [5.74, 6) is 1.13. The van der Waals surface area contributed by atoms with Crippen molar-refractivity contribution in [3.8, 4) is 39.5 Å². The van der Waals surface area contributed by atoms with Crippen LogP contribution in [0.15, 0.2) is 138 Å². The quantitative estimate of drug-likeness (QED) is 0.118. The monoisotopic (exact) mass is 943 g/mol. The van der Waals surface area contributed by atoms with Crippen molar-refractivity contribution in [3.63, 3.8) is 0 Å². The maximum Gasteiger partial charge on any atom is 0.141 e. The largest absolute Gasteiger partial charge is 0.483 e. The Hall–Kier alpha value is -5.53. The van der Waals surface area contributed by atoms with Gasteiger partial charge in [-0.2, -0.15) is 0 Å². The average Bonchev–Trinajstić information content (AvgIpc) is 3.78. The molecule has 4 aromatic heterocycles. The number of furan rings is 1. The molecule has 1 radical (unpaired) electrons. The van der Waals surface area contributed by atoms with Gasteiger partial charge in [-0.15, -0.1) is 29.8 Å². The number of halogens is 1. The Labute approximate surface area is 348 Å². The number of rotatable bonds is 7. The maximum absolute atomic E-state index is 14.4. The number of aryl methyl sites for hydroxylation is 1. The summed E-state index contributed by atoms with van der Waals surface area (Å²) in [7, 11) is -1.47. The molecule has 0 atom stereocenters. The molecule has 0 aliphatic heterocycles. The van der Waals surface area contributed by atoms with E-state index in [1.165, 1.54) is 16.8 Å². The molecule has 0 unspecified atom stereocenters. The van der Waals surface area contributed by atoms with E-state index in [0.717, 1.165) is 73.3 Å². The fourth-order valence-corrected chi connectivity index (χ4v) is 8.98. The van der Waals surface area contributed by atoms with E-state index in [9.17, 15) is 4.39 Å². The van der Waals surface area contributed by atoms with Crippen molar-refractivity contribution in [1.29, 1.82) is 0 Å². The minimum absolute atomic E-state index is 0. The van der Waals surface area contributed by atoms with Gasteiger partial charge in [-0.25, -0.2) is 0 Å². The second-order valence-electron chi connectivity index (χ2n) is 15.7. The van der Waals surface area contributed by atoms with Crippen molar-refractivity contribution >= 4 is 46.4 Å². The van der Waals surface area contributed by atoms with Crippen LogP contribution in [0.3, 0.4) is 0 Å². The van der Waals surface area contributed by atoms with E-state index in [0.29, 0.717) is 17.2 Å². The van der Waals surface area contributed by atoms with Crippen molar-refractivity contribution in [1.82, 2.24) is 19.5 Å². The normalized spacial score (nSPS) is 11.5. The van der Waals surface area contributed by atoms with Crippen molar-refractivity contribution in [3.05, 3.63) is 163 Å². The van der Waals surface area contributed by atoms with Crippen LogP contribution in [0.5, 0.6) is 0 Å². The van der Waals surface area contributed by atoms with Crippen LogP contribution in [-0.4, -0.2) is 27.6 Å². The van der Waals surface area contributed by atoms with Crippen LogP contribution in [0, 0.1) is 30.9 Å². The fourth-order valence-electron chi connectivity index (χ4n) is 7.39. The van der Waals surface area contributed by atoms with Gasteiger partial charge >= 0.3 is 0 Å². The van der Waals surface area contributed by atoms with E-state index in [1.54, 1.807) is 0 Å². The molecule has 9 aromatic rings. The summed E-state index contributed by atoms with van der Waals surface area (Å²) in [6.45, 7) is 13.6. The van der Waals surface area contributed by atoms with Gasteiger partial charge < -0.3 is 19.0 Å². The van der Waals surface area contributed by atoms with Crippen molar-refractivity contribution in [2.75, 3.05) is 0 Å². The Morgan fingerprint density at radius 3 is 2.28 bits per heavy atom.